The van der Waals surface area contributed by atoms with Crippen LogP contribution in [-0.4, -0.2) is 9.78 Å². The lowest BCUT2D eigenvalue weighted by Gasteiger charge is -2.11. The van der Waals surface area contributed by atoms with Gasteiger partial charge in [0.05, 0.1) is 11.3 Å². The molecule has 5 heteroatoms. The second kappa shape index (κ2) is 5.32. The van der Waals surface area contributed by atoms with Gasteiger partial charge >= 0.3 is 0 Å². The largest absolute Gasteiger partial charge is 0.488 e. The number of nitrogens with zero attached hydrogens (tertiary/aromatic N) is 2. The van der Waals surface area contributed by atoms with Crippen LogP contribution < -0.4 is 16.0 Å². The van der Waals surface area contributed by atoms with Gasteiger partial charge in [-0.3, -0.25) is 4.68 Å². The zero-order valence-corrected chi connectivity index (χ0v) is 11.8. The lowest BCUT2D eigenvalue weighted by atomic mass is 10.1. The molecule has 1 aromatic carbocycles. The van der Waals surface area contributed by atoms with E-state index < -0.39 is 0 Å². The SMILES string of the molecule is Cc1cccc(OCc2c(C)nn(C)c2NN)c1C. The topological polar surface area (TPSA) is 65.1 Å². The van der Waals surface area contributed by atoms with Crippen molar-refractivity contribution in [1.29, 1.82) is 0 Å². The van der Waals surface area contributed by atoms with Crippen molar-refractivity contribution in [2.75, 3.05) is 5.43 Å². The van der Waals surface area contributed by atoms with E-state index in [1.54, 1.807) is 4.68 Å². The molecule has 0 amide bonds. The van der Waals surface area contributed by atoms with E-state index in [1.807, 2.05) is 26.1 Å². The van der Waals surface area contributed by atoms with E-state index in [1.165, 1.54) is 5.56 Å². The number of aromatic nitrogens is 2. The zero-order valence-electron chi connectivity index (χ0n) is 11.8. The quantitative estimate of drug-likeness (QED) is 0.653. The third kappa shape index (κ3) is 2.56. The summed E-state index contributed by atoms with van der Waals surface area (Å²) in [4.78, 5) is 0. The van der Waals surface area contributed by atoms with Gasteiger partial charge in [0, 0.05) is 7.05 Å². The summed E-state index contributed by atoms with van der Waals surface area (Å²) in [7, 11) is 1.85. The van der Waals surface area contributed by atoms with Crippen LogP contribution in [0.2, 0.25) is 0 Å². The van der Waals surface area contributed by atoms with Crippen LogP contribution in [0, 0.1) is 20.8 Å². The number of hydrogen-bond donors (Lipinski definition) is 2. The van der Waals surface area contributed by atoms with Gasteiger partial charge in [0.15, 0.2) is 0 Å². The van der Waals surface area contributed by atoms with Crippen LogP contribution in [0.15, 0.2) is 18.2 Å². The van der Waals surface area contributed by atoms with Gasteiger partial charge in [-0.25, -0.2) is 5.84 Å². The molecule has 1 heterocycles. The fraction of sp³-hybridized carbons (Fsp3) is 0.357. The Morgan fingerprint density at radius 2 is 2.05 bits per heavy atom. The van der Waals surface area contributed by atoms with E-state index in [0.717, 1.165) is 28.4 Å². The first kappa shape index (κ1) is 13.4. The monoisotopic (exact) mass is 260 g/mol. The molecule has 19 heavy (non-hydrogen) atoms. The third-order valence-corrected chi connectivity index (χ3v) is 3.41. The van der Waals surface area contributed by atoms with Crippen molar-refractivity contribution in [3.63, 3.8) is 0 Å². The molecule has 0 saturated carbocycles. The summed E-state index contributed by atoms with van der Waals surface area (Å²) in [5.41, 5.74) is 6.94. The molecule has 0 aliphatic heterocycles. The number of hydrogen-bond acceptors (Lipinski definition) is 4. The van der Waals surface area contributed by atoms with Gasteiger partial charge in [-0.15, -0.1) is 0 Å². The minimum absolute atomic E-state index is 0.448. The number of nitrogen functional groups attached to an aromatic ring is 1. The molecule has 3 N–H and O–H groups in total. The first-order valence-corrected chi connectivity index (χ1v) is 6.22. The normalized spacial score (nSPS) is 10.6. The molecule has 1 aromatic heterocycles. The highest BCUT2D eigenvalue weighted by molar-refractivity contribution is 5.46. The maximum atomic E-state index is 5.89. The van der Waals surface area contributed by atoms with Gasteiger partial charge < -0.3 is 10.2 Å². The van der Waals surface area contributed by atoms with Crippen molar-refractivity contribution in [3.05, 3.63) is 40.6 Å². The number of nitrogens with two attached hydrogens (primary N) is 1. The molecule has 0 bridgehead atoms. The number of ether oxygens (including phenoxy) is 1. The highest BCUT2D eigenvalue weighted by atomic mass is 16.5. The minimum atomic E-state index is 0.448. The van der Waals surface area contributed by atoms with Crippen LogP contribution in [0.25, 0.3) is 0 Å². The zero-order chi connectivity index (χ0) is 14.0. The van der Waals surface area contributed by atoms with Crippen molar-refractivity contribution in [1.82, 2.24) is 9.78 Å². The molecule has 0 saturated heterocycles. The second-order valence-corrected chi connectivity index (χ2v) is 4.67. The summed E-state index contributed by atoms with van der Waals surface area (Å²) < 4.78 is 7.61. The number of nitrogens with one attached hydrogen (secondary N) is 1. The van der Waals surface area contributed by atoms with Crippen LogP contribution in [0.3, 0.4) is 0 Å². The molecule has 2 rings (SSSR count). The van der Waals surface area contributed by atoms with E-state index in [0.29, 0.717) is 6.61 Å². The molecule has 0 atom stereocenters. The summed E-state index contributed by atoms with van der Waals surface area (Å²) >= 11 is 0. The summed E-state index contributed by atoms with van der Waals surface area (Å²) in [6, 6.07) is 6.05. The molecule has 0 fully saturated rings. The molecule has 5 nitrogen and oxygen atoms in total. The van der Waals surface area contributed by atoms with E-state index in [-0.39, 0.29) is 0 Å². The van der Waals surface area contributed by atoms with Gasteiger partial charge in [-0.2, -0.15) is 5.10 Å². The molecule has 0 radical (unpaired) electrons. The van der Waals surface area contributed by atoms with Crippen molar-refractivity contribution < 1.29 is 4.74 Å². The maximum absolute atomic E-state index is 5.89. The summed E-state index contributed by atoms with van der Waals surface area (Å²) in [6.45, 7) is 6.53. The Labute approximate surface area is 113 Å². The maximum Gasteiger partial charge on any atom is 0.145 e. The van der Waals surface area contributed by atoms with Crippen LogP contribution in [0.5, 0.6) is 5.75 Å². The van der Waals surface area contributed by atoms with E-state index >= 15 is 0 Å². The van der Waals surface area contributed by atoms with E-state index in [4.69, 9.17) is 10.6 Å². The minimum Gasteiger partial charge on any atom is -0.488 e. The number of anilines is 1. The Hall–Kier alpha value is -2.01. The lowest BCUT2D eigenvalue weighted by Crippen LogP contribution is -2.13. The summed E-state index contributed by atoms with van der Waals surface area (Å²) in [5, 5.41) is 4.33. The first-order valence-electron chi connectivity index (χ1n) is 6.22. The molecule has 0 aliphatic carbocycles. The van der Waals surface area contributed by atoms with Gasteiger partial charge in [-0.05, 0) is 38.0 Å². The lowest BCUT2D eigenvalue weighted by molar-refractivity contribution is 0.303. The average Bonchev–Trinajstić information content (AvgIpc) is 2.65. The number of rotatable bonds is 4. The Bertz CT molecular complexity index is 589. The molecule has 2 aromatic rings. The standard InChI is InChI=1S/C14H20N4O/c1-9-6-5-7-13(10(9)2)19-8-12-11(3)17-18(4)14(12)16-15/h5-7,16H,8,15H2,1-4H3. The van der Waals surface area contributed by atoms with Crippen LogP contribution in [-0.2, 0) is 13.7 Å². The van der Waals surface area contributed by atoms with Crippen molar-refractivity contribution in [3.8, 4) is 5.75 Å². The molecular formula is C14H20N4O. The van der Waals surface area contributed by atoms with Crippen molar-refractivity contribution in [2.24, 2.45) is 12.9 Å². The van der Waals surface area contributed by atoms with E-state index in [9.17, 15) is 0 Å². The number of benzene rings is 1. The van der Waals surface area contributed by atoms with Gasteiger partial charge in [-0.1, -0.05) is 12.1 Å². The fourth-order valence-electron chi connectivity index (χ4n) is 2.09. The Kier molecular flexibility index (Phi) is 3.76. The molecule has 0 unspecified atom stereocenters. The predicted molar refractivity (Wildman–Crippen MR) is 76.0 cm³/mol. The average molecular weight is 260 g/mol. The van der Waals surface area contributed by atoms with Crippen molar-refractivity contribution in [2.45, 2.75) is 27.4 Å². The molecular weight excluding hydrogens is 240 g/mol. The highest BCUT2D eigenvalue weighted by Gasteiger charge is 2.13. The third-order valence-electron chi connectivity index (χ3n) is 3.41. The van der Waals surface area contributed by atoms with Gasteiger partial charge in [0.2, 0.25) is 0 Å². The second-order valence-electron chi connectivity index (χ2n) is 4.67. The molecule has 0 spiro atoms. The first-order chi connectivity index (χ1) is 9.04. The smallest absolute Gasteiger partial charge is 0.145 e. The predicted octanol–water partition coefficient (Wildman–Crippen LogP) is 2.21. The number of hydrazine groups is 1. The highest BCUT2D eigenvalue weighted by Crippen LogP contribution is 2.24. The van der Waals surface area contributed by atoms with Gasteiger partial charge in [0.1, 0.15) is 18.2 Å². The van der Waals surface area contributed by atoms with Gasteiger partial charge in [0.25, 0.3) is 0 Å². The van der Waals surface area contributed by atoms with Crippen LogP contribution in [0.1, 0.15) is 22.4 Å². The summed E-state index contributed by atoms with van der Waals surface area (Å²) in [6.07, 6.45) is 0. The summed E-state index contributed by atoms with van der Waals surface area (Å²) in [5.74, 6) is 7.20. The molecule has 0 aliphatic rings. The van der Waals surface area contributed by atoms with Crippen LogP contribution in [0.4, 0.5) is 5.82 Å². The Balaban J connectivity index is 2.21. The van der Waals surface area contributed by atoms with Crippen molar-refractivity contribution >= 4 is 5.82 Å². The molecule has 102 valence electrons. The Morgan fingerprint density at radius 1 is 1.32 bits per heavy atom. The number of aryl methyl sites for hydroxylation is 3. The fourth-order valence-corrected chi connectivity index (χ4v) is 2.09. The van der Waals surface area contributed by atoms with Crippen LogP contribution >= 0.6 is 0 Å². The van der Waals surface area contributed by atoms with E-state index in [2.05, 4.69) is 30.4 Å². The Morgan fingerprint density at radius 3 is 2.74 bits per heavy atom.